The lowest BCUT2D eigenvalue weighted by molar-refractivity contribution is -0.173. The highest BCUT2D eigenvalue weighted by atomic mass is 16.6. The molecule has 3 heterocycles. The summed E-state index contributed by atoms with van der Waals surface area (Å²) in [6, 6.07) is -2.32. The van der Waals surface area contributed by atoms with Gasteiger partial charge in [-0.15, -0.1) is 0 Å². The number of fused-ring (bicyclic) bond motifs is 1. The van der Waals surface area contributed by atoms with Gasteiger partial charge < -0.3 is 36.8 Å². The Morgan fingerprint density at radius 2 is 1.88 bits per heavy atom. The van der Waals surface area contributed by atoms with Crippen molar-refractivity contribution in [1.29, 1.82) is 0 Å². The molecule has 1 aliphatic heterocycles. The summed E-state index contributed by atoms with van der Waals surface area (Å²) in [5, 5.41) is 13.3. The molecule has 188 valence electrons. The van der Waals surface area contributed by atoms with Crippen molar-refractivity contribution in [3.63, 3.8) is 0 Å². The molecule has 34 heavy (non-hydrogen) atoms. The van der Waals surface area contributed by atoms with Crippen LogP contribution in [0.25, 0.3) is 11.0 Å². The Hall–Kier alpha value is -2.80. The number of aromatic amines is 1. The number of aliphatic hydroxyl groups is 1. The number of aromatic nitrogens is 3. The van der Waals surface area contributed by atoms with E-state index in [9.17, 15) is 14.7 Å². The van der Waals surface area contributed by atoms with E-state index in [0.717, 1.165) is 0 Å². The number of hydrogen-bond donors (Lipinski definition) is 6. The quantitative estimate of drug-likeness (QED) is 0.273. The van der Waals surface area contributed by atoms with Crippen LogP contribution in [-0.2, 0) is 19.1 Å². The SMILES string of the molecule is CC(C)C(N)C(=O)OC1C(c2c[nH]c3c(N)ncnc23)NC(CO)C1OC(=O)C(C)(N)C(C)C. The van der Waals surface area contributed by atoms with E-state index < -0.39 is 47.8 Å². The molecule has 6 unspecified atom stereocenters. The zero-order valence-corrected chi connectivity index (χ0v) is 20.1. The van der Waals surface area contributed by atoms with Gasteiger partial charge in [0.05, 0.1) is 24.2 Å². The highest BCUT2D eigenvalue weighted by Crippen LogP contribution is 2.36. The molecule has 1 saturated heterocycles. The minimum absolute atomic E-state index is 0.177. The van der Waals surface area contributed by atoms with Crippen molar-refractivity contribution in [2.45, 2.75) is 70.5 Å². The summed E-state index contributed by atoms with van der Waals surface area (Å²) in [5.74, 6) is -1.47. The summed E-state index contributed by atoms with van der Waals surface area (Å²) in [4.78, 5) is 37.1. The molecule has 0 aromatic carbocycles. The average molecular weight is 478 g/mol. The van der Waals surface area contributed by atoms with Gasteiger partial charge in [0, 0.05) is 11.8 Å². The largest absolute Gasteiger partial charge is 0.455 e. The molecule has 0 radical (unpaired) electrons. The second kappa shape index (κ2) is 9.82. The third kappa shape index (κ3) is 4.71. The second-order valence-electron chi connectivity index (χ2n) is 9.64. The first-order chi connectivity index (χ1) is 15.9. The molecule has 0 spiro atoms. The fraction of sp³-hybridized carbons (Fsp3) is 0.636. The number of nitrogens with zero attached hydrogens (tertiary/aromatic N) is 2. The average Bonchev–Trinajstić information content (AvgIpc) is 3.35. The maximum Gasteiger partial charge on any atom is 0.326 e. The maximum atomic E-state index is 13.0. The van der Waals surface area contributed by atoms with Crippen molar-refractivity contribution in [3.8, 4) is 0 Å². The van der Waals surface area contributed by atoms with Gasteiger partial charge in [-0.25, -0.2) is 9.97 Å². The molecule has 9 N–H and O–H groups in total. The predicted molar refractivity (Wildman–Crippen MR) is 125 cm³/mol. The van der Waals surface area contributed by atoms with Crippen molar-refractivity contribution < 1.29 is 24.2 Å². The monoisotopic (exact) mass is 477 g/mol. The fourth-order valence-electron chi connectivity index (χ4n) is 3.73. The van der Waals surface area contributed by atoms with Crippen LogP contribution in [0.1, 0.15) is 46.2 Å². The number of carbonyl (C=O) groups is 2. The number of nitrogen functional groups attached to an aromatic ring is 1. The lowest BCUT2D eigenvalue weighted by Crippen LogP contribution is -2.54. The van der Waals surface area contributed by atoms with Gasteiger partial charge >= 0.3 is 11.9 Å². The smallest absolute Gasteiger partial charge is 0.326 e. The zero-order chi connectivity index (χ0) is 25.4. The predicted octanol–water partition coefficient (Wildman–Crippen LogP) is -0.274. The van der Waals surface area contributed by atoms with Gasteiger partial charge in [0.1, 0.15) is 23.4 Å². The molecule has 1 fully saturated rings. The van der Waals surface area contributed by atoms with Gasteiger partial charge in [0.15, 0.2) is 18.0 Å². The molecule has 3 rings (SSSR count). The molecule has 12 nitrogen and oxygen atoms in total. The zero-order valence-electron chi connectivity index (χ0n) is 20.1. The summed E-state index contributed by atoms with van der Waals surface area (Å²) in [7, 11) is 0. The number of hydrogen-bond acceptors (Lipinski definition) is 11. The molecule has 1 aliphatic rings. The van der Waals surface area contributed by atoms with Crippen LogP contribution in [-0.4, -0.2) is 68.4 Å². The Morgan fingerprint density at radius 1 is 1.21 bits per heavy atom. The van der Waals surface area contributed by atoms with Crippen molar-refractivity contribution in [1.82, 2.24) is 20.3 Å². The Bertz CT molecular complexity index is 1040. The van der Waals surface area contributed by atoms with Gasteiger partial charge in [0.25, 0.3) is 0 Å². The first-order valence-electron chi connectivity index (χ1n) is 11.3. The molecule has 0 aliphatic carbocycles. The minimum atomic E-state index is -1.29. The molecule has 2 aromatic rings. The Kier molecular flexibility index (Phi) is 7.46. The van der Waals surface area contributed by atoms with E-state index in [1.165, 1.54) is 6.33 Å². The molecular weight excluding hydrogens is 442 g/mol. The number of nitrogens with one attached hydrogen (secondary N) is 2. The first-order valence-corrected chi connectivity index (χ1v) is 11.3. The van der Waals surface area contributed by atoms with Crippen LogP contribution in [0.3, 0.4) is 0 Å². The molecule has 0 amide bonds. The topological polar surface area (TPSA) is 204 Å². The van der Waals surface area contributed by atoms with Crippen molar-refractivity contribution in [3.05, 3.63) is 18.1 Å². The van der Waals surface area contributed by atoms with Crippen molar-refractivity contribution in [2.24, 2.45) is 23.3 Å². The minimum Gasteiger partial charge on any atom is -0.455 e. The highest BCUT2D eigenvalue weighted by molar-refractivity contribution is 5.87. The Balaban J connectivity index is 2.03. The Labute approximate surface area is 198 Å². The van der Waals surface area contributed by atoms with Gasteiger partial charge in [-0.2, -0.15) is 0 Å². The maximum absolute atomic E-state index is 13.0. The van der Waals surface area contributed by atoms with Gasteiger partial charge in [-0.3, -0.25) is 14.9 Å². The normalized spacial score (nSPS) is 25.5. The van der Waals surface area contributed by atoms with Crippen molar-refractivity contribution in [2.75, 3.05) is 12.3 Å². The number of nitrogens with two attached hydrogens (primary N) is 3. The summed E-state index contributed by atoms with van der Waals surface area (Å²) < 4.78 is 11.6. The summed E-state index contributed by atoms with van der Waals surface area (Å²) >= 11 is 0. The number of carbonyl (C=O) groups excluding carboxylic acids is 2. The lowest BCUT2D eigenvalue weighted by Gasteiger charge is -2.32. The molecule has 2 aromatic heterocycles. The Morgan fingerprint density at radius 3 is 2.47 bits per heavy atom. The lowest BCUT2D eigenvalue weighted by atomic mass is 9.89. The number of ether oxygens (including phenoxy) is 2. The van der Waals surface area contributed by atoms with E-state index in [0.29, 0.717) is 16.6 Å². The van der Waals surface area contributed by atoms with E-state index in [-0.39, 0.29) is 24.3 Å². The van der Waals surface area contributed by atoms with Crippen LogP contribution in [0.2, 0.25) is 0 Å². The van der Waals surface area contributed by atoms with Crippen molar-refractivity contribution >= 4 is 28.8 Å². The van der Waals surface area contributed by atoms with Gasteiger partial charge in [-0.1, -0.05) is 27.7 Å². The van der Waals surface area contributed by atoms with Crippen LogP contribution >= 0.6 is 0 Å². The van der Waals surface area contributed by atoms with E-state index in [1.807, 2.05) is 0 Å². The number of anilines is 1. The number of rotatable bonds is 8. The third-order valence-electron chi connectivity index (χ3n) is 6.62. The van der Waals surface area contributed by atoms with Crippen LogP contribution in [0, 0.1) is 11.8 Å². The van der Waals surface area contributed by atoms with E-state index >= 15 is 0 Å². The molecular formula is C22H35N7O5. The third-order valence-corrected chi connectivity index (χ3v) is 6.62. The highest BCUT2D eigenvalue weighted by Gasteiger charge is 2.51. The van der Waals surface area contributed by atoms with Crippen LogP contribution in [0.5, 0.6) is 0 Å². The number of esters is 2. The first kappa shape index (κ1) is 25.8. The fourth-order valence-corrected chi connectivity index (χ4v) is 3.73. The number of H-pyrrole nitrogens is 1. The molecule has 0 saturated carbocycles. The van der Waals surface area contributed by atoms with Gasteiger partial charge in [-0.05, 0) is 18.8 Å². The van der Waals surface area contributed by atoms with E-state index in [2.05, 4.69) is 20.3 Å². The molecule has 0 bridgehead atoms. The van der Waals surface area contributed by atoms with Crippen LogP contribution < -0.4 is 22.5 Å². The van der Waals surface area contributed by atoms with E-state index in [4.69, 9.17) is 26.7 Å². The standard InChI is InChI=1S/C22H35N7O5/c1-9(2)13(23)20(31)33-18-15(11-6-26-16-14(11)27-8-28-19(16)24)29-12(7-30)17(18)34-21(32)22(5,25)10(3)4/h6,8-10,12-13,15,17-18,26,29-30H,7,23,25H2,1-5H3,(H2,24,27,28). The van der Waals surface area contributed by atoms with Gasteiger partial charge in [0.2, 0.25) is 0 Å². The molecule has 6 atom stereocenters. The molecule has 12 heteroatoms. The summed E-state index contributed by atoms with van der Waals surface area (Å²) in [6.07, 6.45) is 0.938. The van der Waals surface area contributed by atoms with E-state index in [1.54, 1.807) is 40.8 Å². The summed E-state index contributed by atoms with van der Waals surface area (Å²) in [6.45, 7) is 8.38. The number of aliphatic hydroxyl groups excluding tert-OH is 1. The summed E-state index contributed by atoms with van der Waals surface area (Å²) in [5.41, 5.74) is 18.5. The van der Waals surface area contributed by atoms with Crippen LogP contribution in [0.15, 0.2) is 12.5 Å². The van der Waals surface area contributed by atoms with Crippen LogP contribution in [0.4, 0.5) is 5.82 Å². The second-order valence-corrected chi connectivity index (χ2v) is 9.64.